The summed E-state index contributed by atoms with van der Waals surface area (Å²) in [6.07, 6.45) is -2.91. The molecule has 0 bridgehead atoms. The van der Waals surface area contributed by atoms with Gasteiger partial charge in [-0.05, 0) is 18.4 Å². The number of nitrogens with one attached hydrogen (secondary N) is 1. The lowest BCUT2D eigenvalue weighted by Gasteiger charge is -2.34. The normalized spacial score (nSPS) is 20.9. The molecule has 0 aliphatic carbocycles. The summed E-state index contributed by atoms with van der Waals surface area (Å²) in [5.74, 6) is -1.67. The molecule has 138 valence electrons. The van der Waals surface area contributed by atoms with E-state index < -0.39 is 36.7 Å². The predicted octanol–water partition coefficient (Wildman–Crippen LogP) is 1.99. The van der Waals surface area contributed by atoms with Crippen molar-refractivity contribution < 1.29 is 32.6 Å². The van der Waals surface area contributed by atoms with E-state index in [1.54, 1.807) is 0 Å². The van der Waals surface area contributed by atoms with Gasteiger partial charge in [-0.25, -0.2) is 9.78 Å². The molecule has 8 nitrogen and oxygen atoms in total. The highest BCUT2D eigenvalue weighted by Crippen LogP contribution is 2.22. The first-order chi connectivity index (χ1) is 11.6. The number of aliphatic carboxylic acids is 1. The fourth-order valence-corrected chi connectivity index (χ4v) is 2.51. The number of ether oxygens (including phenoxy) is 1. The highest BCUT2D eigenvalue weighted by atomic mass is 19.4. The second kappa shape index (κ2) is 7.53. The number of nitrogens with zero attached hydrogens (tertiary/aromatic N) is 3. The number of rotatable bonds is 4. The quantitative estimate of drug-likeness (QED) is 0.849. The monoisotopic (exact) mass is 362 g/mol. The molecule has 2 amide bonds. The van der Waals surface area contributed by atoms with E-state index in [0.29, 0.717) is 13.0 Å². The summed E-state index contributed by atoms with van der Waals surface area (Å²) >= 11 is 0. The van der Waals surface area contributed by atoms with Crippen LogP contribution in [-0.4, -0.2) is 57.8 Å². The van der Waals surface area contributed by atoms with Gasteiger partial charge in [0.15, 0.2) is 6.61 Å². The van der Waals surface area contributed by atoms with E-state index in [-0.39, 0.29) is 18.3 Å². The van der Waals surface area contributed by atoms with Crippen LogP contribution in [0.4, 0.5) is 23.8 Å². The molecular formula is C14H17F3N4O4. The fraction of sp³-hybridized carbons (Fsp3) is 0.571. The smallest absolute Gasteiger partial charge is 0.422 e. The molecule has 0 aromatic carbocycles. The van der Waals surface area contributed by atoms with Crippen molar-refractivity contribution in [1.29, 1.82) is 0 Å². The first-order valence-electron chi connectivity index (χ1n) is 7.45. The number of piperidine rings is 1. The van der Waals surface area contributed by atoms with E-state index in [0.717, 1.165) is 6.20 Å². The van der Waals surface area contributed by atoms with E-state index in [2.05, 4.69) is 20.0 Å². The van der Waals surface area contributed by atoms with Gasteiger partial charge in [-0.15, -0.1) is 0 Å². The number of carboxylic acids is 1. The van der Waals surface area contributed by atoms with E-state index in [4.69, 9.17) is 5.11 Å². The van der Waals surface area contributed by atoms with Crippen molar-refractivity contribution in [2.75, 3.05) is 25.0 Å². The molecule has 0 saturated carbocycles. The summed E-state index contributed by atoms with van der Waals surface area (Å²) in [5.41, 5.74) is 0. The molecule has 1 aromatic heterocycles. The van der Waals surface area contributed by atoms with Crippen molar-refractivity contribution in [3.63, 3.8) is 0 Å². The van der Waals surface area contributed by atoms with E-state index >= 15 is 0 Å². The van der Waals surface area contributed by atoms with Crippen LogP contribution in [0.2, 0.25) is 0 Å². The molecule has 1 saturated heterocycles. The Morgan fingerprint density at radius 2 is 2.16 bits per heavy atom. The van der Waals surface area contributed by atoms with Gasteiger partial charge in [0, 0.05) is 19.3 Å². The standard InChI is InChI=1S/C14H17F3N4O4/c1-8-4-9(11(22)23)6-21(5-8)13(24)20-10-2-3-18-12(19-10)25-7-14(15,16)17/h2-3,8-9H,4-7H2,1H3,(H,22,23)(H,18,19,20,24). The molecule has 2 atom stereocenters. The summed E-state index contributed by atoms with van der Waals surface area (Å²) in [6, 6.07) is 0.184. The van der Waals surface area contributed by atoms with Gasteiger partial charge in [0.25, 0.3) is 0 Å². The molecule has 2 N–H and O–H groups in total. The van der Waals surface area contributed by atoms with Crippen molar-refractivity contribution in [3.8, 4) is 6.01 Å². The molecule has 0 spiro atoms. The summed E-state index contributed by atoms with van der Waals surface area (Å²) in [4.78, 5) is 31.9. The first kappa shape index (κ1) is 18.7. The van der Waals surface area contributed by atoms with Crippen LogP contribution >= 0.6 is 0 Å². The van der Waals surface area contributed by atoms with Crippen molar-refractivity contribution in [2.24, 2.45) is 11.8 Å². The lowest BCUT2D eigenvalue weighted by molar-refractivity contribution is -0.154. The Kier molecular flexibility index (Phi) is 5.65. The van der Waals surface area contributed by atoms with Crippen molar-refractivity contribution in [3.05, 3.63) is 12.3 Å². The molecule has 1 aliphatic rings. The lowest BCUT2D eigenvalue weighted by atomic mass is 9.91. The van der Waals surface area contributed by atoms with Crippen LogP contribution in [0.5, 0.6) is 6.01 Å². The third-order valence-electron chi connectivity index (χ3n) is 3.53. The SMILES string of the molecule is CC1CC(C(=O)O)CN(C(=O)Nc2ccnc(OCC(F)(F)F)n2)C1. The number of halogens is 3. The van der Waals surface area contributed by atoms with Crippen LogP contribution in [-0.2, 0) is 4.79 Å². The third kappa shape index (κ3) is 5.76. The van der Waals surface area contributed by atoms with Gasteiger partial charge in [-0.3, -0.25) is 10.1 Å². The number of carboxylic acid groups (broad SMARTS) is 1. The van der Waals surface area contributed by atoms with E-state index in [1.165, 1.54) is 11.0 Å². The molecule has 1 aromatic rings. The van der Waals surface area contributed by atoms with Crippen LogP contribution < -0.4 is 10.1 Å². The zero-order valence-corrected chi connectivity index (χ0v) is 13.3. The minimum absolute atomic E-state index is 0.0108. The number of urea groups is 1. The average Bonchev–Trinajstić information content (AvgIpc) is 2.52. The molecule has 25 heavy (non-hydrogen) atoms. The number of hydrogen-bond acceptors (Lipinski definition) is 5. The summed E-state index contributed by atoms with van der Waals surface area (Å²) in [7, 11) is 0. The van der Waals surface area contributed by atoms with E-state index in [1.807, 2.05) is 6.92 Å². The molecule has 1 fully saturated rings. The Morgan fingerprint density at radius 3 is 2.80 bits per heavy atom. The van der Waals surface area contributed by atoms with Gasteiger partial charge >= 0.3 is 24.2 Å². The lowest BCUT2D eigenvalue weighted by Crippen LogP contribution is -2.47. The van der Waals surface area contributed by atoms with Gasteiger partial charge in [-0.2, -0.15) is 18.2 Å². The van der Waals surface area contributed by atoms with Crippen molar-refractivity contribution in [1.82, 2.24) is 14.9 Å². The number of carbonyl (C=O) groups excluding carboxylic acids is 1. The molecule has 2 rings (SSSR count). The van der Waals surface area contributed by atoms with Crippen molar-refractivity contribution >= 4 is 17.8 Å². The van der Waals surface area contributed by atoms with Crippen molar-refractivity contribution in [2.45, 2.75) is 19.5 Å². The van der Waals surface area contributed by atoms with Crippen LogP contribution in [0.3, 0.4) is 0 Å². The Morgan fingerprint density at radius 1 is 1.44 bits per heavy atom. The summed E-state index contributed by atoms with van der Waals surface area (Å²) in [6.45, 7) is 0.712. The van der Waals surface area contributed by atoms with Crippen LogP contribution in [0, 0.1) is 11.8 Å². The number of hydrogen-bond donors (Lipinski definition) is 2. The molecule has 1 aliphatic heterocycles. The molecule has 0 radical (unpaired) electrons. The topological polar surface area (TPSA) is 105 Å². The maximum Gasteiger partial charge on any atom is 0.422 e. The molecule has 11 heteroatoms. The molecule has 2 unspecified atom stereocenters. The third-order valence-corrected chi connectivity index (χ3v) is 3.53. The zero-order valence-electron chi connectivity index (χ0n) is 13.3. The number of likely N-dealkylation sites (tertiary alicyclic amines) is 1. The van der Waals surface area contributed by atoms with Gasteiger partial charge in [-0.1, -0.05) is 6.92 Å². The number of amides is 2. The van der Waals surface area contributed by atoms with Crippen LogP contribution in [0.1, 0.15) is 13.3 Å². The van der Waals surface area contributed by atoms with Gasteiger partial charge < -0.3 is 14.7 Å². The number of anilines is 1. The summed E-state index contributed by atoms with van der Waals surface area (Å²) in [5, 5.41) is 11.5. The number of carbonyl (C=O) groups is 2. The Bertz CT molecular complexity index is 641. The van der Waals surface area contributed by atoms with Gasteiger partial charge in [0.2, 0.25) is 0 Å². The predicted molar refractivity (Wildman–Crippen MR) is 79.1 cm³/mol. The Hall–Kier alpha value is -2.59. The second-order valence-electron chi connectivity index (χ2n) is 5.84. The Labute approximate surface area is 141 Å². The van der Waals surface area contributed by atoms with Gasteiger partial charge in [0.05, 0.1) is 5.92 Å². The maximum atomic E-state index is 12.3. The minimum Gasteiger partial charge on any atom is -0.481 e. The molecular weight excluding hydrogens is 345 g/mol. The van der Waals surface area contributed by atoms with Gasteiger partial charge in [0.1, 0.15) is 5.82 Å². The van der Waals surface area contributed by atoms with E-state index in [9.17, 15) is 22.8 Å². The highest BCUT2D eigenvalue weighted by Gasteiger charge is 2.32. The average molecular weight is 362 g/mol. The minimum atomic E-state index is -4.53. The fourth-order valence-electron chi connectivity index (χ4n) is 2.51. The molecule has 2 heterocycles. The second-order valence-corrected chi connectivity index (χ2v) is 5.84. The maximum absolute atomic E-state index is 12.3. The largest absolute Gasteiger partial charge is 0.481 e. The first-order valence-corrected chi connectivity index (χ1v) is 7.45. The van der Waals surface area contributed by atoms with Crippen LogP contribution in [0.25, 0.3) is 0 Å². The Balaban J connectivity index is 1.99. The number of alkyl halides is 3. The summed E-state index contributed by atoms with van der Waals surface area (Å²) < 4.78 is 40.8. The van der Waals surface area contributed by atoms with Crippen LogP contribution in [0.15, 0.2) is 12.3 Å². The zero-order chi connectivity index (χ0) is 18.6. The number of aromatic nitrogens is 2. The highest BCUT2D eigenvalue weighted by molar-refractivity contribution is 5.88.